The molecular formula is C19H28N4O2. The Morgan fingerprint density at radius 3 is 2.96 bits per heavy atom. The summed E-state index contributed by atoms with van der Waals surface area (Å²) < 4.78 is 7.72. The number of hydrogen-bond acceptors (Lipinski definition) is 4. The first-order valence-electron chi connectivity index (χ1n) is 9.08. The van der Waals surface area contributed by atoms with E-state index in [0.29, 0.717) is 12.5 Å². The van der Waals surface area contributed by atoms with Gasteiger partial charge in [-0.25, -0.2) is 4.98 Å². The molecule has 0 saturated carbocycles. The van der Waals surface area contributed by atoms with Crippen molar-refractivity contribution in [2.45, 2.75) is 32.9 Å². The van der Waals surface area contributed by atoms with Crippen molar-refractivity contribution in [2.75, 3.05) is 32.8 Å². The monoisotopic (exact) mass is 344 g/mol. The predicted molar refractivity (Wildman–Crippen MR) is 98.5 cm³/mol. The molecule has 1 aliphatic rings. The Bertz CT molecular complexity index is 712. The lowest BCUT2D eigenvalue weighted by atomic mass is 10.1. The molecule has 1 saturated heterocycles. The molecule has 0 spiro atoms. The summed E-state index contributed by atoms with van der Waals surface area (Å²) in [4.78, 5) is 19.3. The second-order valence-corrected chi connectivity index (χ2v) is 7.21. The van der Waals surface area contributed by atoms with Crippen LogP contribution in [0.3, 0.4) is 0 Å². The van der Waals surface area contributed by atoms with Gasteiger partial charge in [-0.2, -0.15) is 0 Å². The largest absolute Gasteiger partial charge is 0.374 e. The van der Waals surface area contributed by atoms with E-state index >= 15 is 0 Å². The number of rotatable bonds is 6. The summed E-state index contributed by atoms with van der Waals surface area (Å²) in [6.07, 6.45) is 1.79. The third-order valence-corrected chi connectivity index (χ3v) is 4.63. The number of ether oxygens (including phenoxy) is 1. The molecule has 6 heteroatoms. The fourth-order valence-corrected chi connectivity index (χ4v) is 3.36. The second kappa shape index (κ2) is 7.97. The number of carbonyl (C=O) groups excluding carboxylic acids is 1. The fraction of sp³-hybridized carbons (Fsp3) is 0.579. The van der Waals surface area contributed by atoms with Gasteiger partial charge in [0.2, 0.25) is 5.91 Å². The molecule has 1 fully saturated rings. The minimum Gasteiger partial charge on any atom is -0.374 e. The standard InChI is InChI=1S/C19H28N4O2/c1-14(2)11-22-8-9-25-16(12-22)10-20-19(24)15(3)23-13-21-17-6-4-5-7-18(17)23/h4-7,13-16H,8-12H2,1-3H3,(H,20,24). The van der Waals surface area contributed by atoms with Gasteiger partial charge < -0.3 is 14.6 Å². The number of fused-ring (bicyclic) bond motifs is 1. The highest BCUT2D eigenvalue weighted by Gasteiger charge is 2.23. The van der Waals surface area contributed by atoms with Gasteiger partial charge in [-0.1, -0.05) is 26.0 Å². The van der Waals surface area contributed by atoms with Gasteiger partial charge in [0.1, 0.15) is 6.04 Å². The molecule has 1 N–H and O–H groups in total. The maximum atomic E-state index is 12.6. The van der Waals surface area contributed by atoms with Gasteiger partial charge in [-0.3, -0.25) is 9.69 Å². The van der Waals surface area contributed by atoms with Crippen LogP contribution in [0.4, 0.5) is 0 Å². The van der Waals surface area contributed by atoms with E-state index in [4.69, 9.17) is 4.74 Å². The minimum absolute atomic E-state index is 0.00673. The first kappa shape index (κ1) is 17.9. The molecule has 1 aromatic carbocycles. The van der Waals surface area contributed by atoms with Gasteiger partial charge in [-0.05, 0) is 25.0 Å². The average Bonchev–Trinajstić information content (AvgIpc) is 3.03. The fourth-order valence-electron chi connectivity index (χ4n) is 3.36. The second-order valence-electron chi connectivity index (χ2n) is 7.21. The van der Waals surface area contributed by atoms with E-state index in [0.717, 1.165) is 37.3 Å². The van der Waals surface area contributed by atoms with Crippen molar-refractivity contribution in [1.82, 2.24) is 19.8 Å². The summed E-state index contributed by atoms with van der Waals surface area (Å²) in [5, 5.41) is 3.04. The van der Waals surface area contributed by atoms with Crippen LogP contribution in [-0.4, -0.2) is 59.2 Å². The molecule has 2 unspecified atom stereocenters. The van der Waals surface area contributed by atoms with Gasteiger partial charge in [0.05, 0.1) is 30.1 Å². The van der Waals surface area contributed by atoms with Crippen LogP contribution in [0.25, 0.3) is 11.0 Å². The first-order chi connectivity index (χ1) is 12.0. The van der Waals surface area contributed by atoms with E-state index < -0.39 is 0 Å². The molecule has 25 heavy (non-hydrogen) atoms. The summed E-state index contributed by atoms with van der Waals surface area (Å²) in [5.74, 6) is 0.635. The Labute approximate surface area is 149 Å². The van der Waals surface area contributed by atoms with Crippen LogP contribution in [-0.2, 0) is 9.53 Å². The normalized spacial score (nSPS) is 20.1. The van der Waals surface area contributed by atoms with E-state index in [1.54, 1.807) is 6.33 Å². The SMILES string of the molecule is CC(C)CN1CCOC(CNC(=O)C(C)n2cnc3ccccc32)C1. The highest BCUT2D eigenvalue weighted by molar-refractivity contribution is 5.83. The van der Waals surface area contributed by atoms with E-state index in [9.17, 15) is 4.79 Å². The van der Waals surface area contributed by atoms with Crippen LogP contribution in [0.5, 0.6) is 0 Å². The number of carbonyl (C=O) groups is 1. The molecule has 1 amide bonds. The van der Waals surface area contributed by atoms with Gasteiger partial charge in [0.15, 0.2) is 0 Å². The van der Waals surface area contributed by atoms with Crippen LogP contribution < -0.4 is 5.32 Å². The van der Waals surface area contributed by atoms with E-state index in [1.165, 1.54) is 0 Å². The molecular weight excluding hydrogens is 316 g/mol. The van der Waals surface area contributed by atoms with Gasteiger partial charge in [0, 0.05) is 26.2 Å². The summed E-state index contributed by atoms with van der Waals surface area (Å²) in [6, 6.07) is 7.55. The number of nitrogens with zero attached hydrogens (tertiary/aromatic N) is 3. The molecule has 1 aliphatic heterocycles. The molecule has 2 atom stereocenters. The Balaban J connectivity index is 1.55. The molecule has 6 nitrogen and oxygen atoms in total. The van der Waals surface area contributed by atoms with Gasteiger partial charge >= 0.3 is 0 Å². The lowest BCUT2D eigenvalue weighted by Gasteiger charge is -2.34. The van der Waals surface area contributed by atoms with Crippen molar-refractivity contribution in [2.24, 2.45) is 5.92 Å². The maximum Gasteiger partial charge on any atom is 0.242 e. The first-order valence-corrected chi connectivity index (χ1v) is 9.08. The van der Waals surface area contributed by atoms with Crippen LogP contribution in [0.2, 0.25) is 0 Å². The number of para-hydroxylation sites is 2. The topological polar surface area (TPSA) is 59.4 Å². The van der Waals surface area contributed by atoms with E-state index in [2.05, 4.69) is 29.0 Å². The molecule has 2 aromatic rings. The molecule has 0 bridgehead atoms. The van der Waals surface area contributed by atoms with Crippen molar-refractivity contribution >= 4 is 16.9 Å². The Morgan fingerprint density at radius 1 is 1.36 bits per heavy atom. The summed E-state index contributed by atoms with van der Waals surface area (Å²) >= 11 is 0. The highest BCUT2D eigenvalue weighted by Crippen LogP contribution is 2.17. The Hall–Kier alpha value is -1.92. The van der Waals surface area contributed by atoms with Crippen molar-refractivity contribution in [1.29, 1.82) is 0 Å². The van der Waals surface area contributed by atoms with Crippen LogP contribution in [0.1, 0.15) is 26.8 Å². The number of benzene rings is 1. The summed E-state index contributed by atoms with van der Waals surface area (Å²) in [6.45, 7) is 10.6. The number of amides is 1. The highest BCUT2D eigenvalue weighted by atomic mass is 16.5. The van der Waals surface area contributed by atoms with Crippen molar-refractivity contribution in [3.05, 3.63) is 30.6 Å². The molecule has 3 rings (SSSR count). The molecule has 2 heterocycles. The van der Waals surface area contributed by atoms with Crippen LogP contribution >= 0.6 is 0 Å². The van der Waals surface area contributed by atoms with Gasteiger partial charge in [-0.15, -0.1) is 0 Å². The minimum atomic E-state index is -0.303. The van der Waals surface area contributed by atoms with Crippen molar-refractivity contribution < 1.29 is 9.53 Å². The van der Waals surface area contributed by atoms with Crippen molar-refractivity contribution in [3.63, 3.8) is 0 Å². The number of hydrogen-bond donors (Lipinski definition) is 1. The zero-order valence-corrected chi connectivity index (χ0v) is 15.3. The molecule has 1 aromatic heterocycles. The zero-order valence-electron chi connectivity index (χ0n) is 15.3. The Kier molecular flexibility index (Phi) is 5.71. The van der Waals surface area contributed by atoms with E-state index in [-0.39, 0.29) is 18.1 Å². The smallest absolute Gasteiger partial charge is 0.242 e. The van der Waals surface area contributed by atoms with Crippen LogP contribution in [0, 0.1) is 5.92 Å². The predicted octanol–water partition coefficient (Wildman–Crippen LogP) is 2.07. The number of nitrogens with one attached hydrogen (secondary N) is 1. The summed E-state index contributed by atoms with van der Waals surface area (Å²) in [5.41, 5.74) is 1.88. The third-order valence-electron chi connectivity index (χ3n) is 4.63. The number of imidazole rings is 1. The molecule has 0 radical (unpaired) electrons. The third kappa shape index (κ3) is 4.38. The number of aromatic nitrogens is 2. The average molecular weight is 344 g/mol. The molecule has 136 valence electrons. The van der Waals surface area contributed by atoms with Gasteiger partial charge in [0.25, 0.3) is 0 Å². The lowest BCUT2D eigenvalue weighted by molar-refractivity contribution is -0.125. The number of morpholine rings is 1. The Morgan fingerprint density at radius 2 is 2.16 bits per heavy atom. The maximum absolute atomic E-state index is 12.6. The van der Waals surface area contributed by atoms with Crippen LogP contribution in [0.15, 0.2) is 30.6 Å². The van der Waals surface area contributed by atoms with E-state index in [1.807, 2.05) is 35.8 Å². The quantitative estimate of drug-likeness (QED) is 0.871. The molecule has 0 aliphatic carbocycles. The summed E-state index contributed by atoms with van der Waals surface area (Å²) in [7, 11) is 0. The van der Waals surface area contributed by atoms with Crippen molar-refractivity contribution in [3.8, 4) is 0 Å². The lowest BCUT2D eigenvalue weighted by Crippen LogP contribution is -2.49. The zero-order chi connectivity index (χ0) is 17.8.